The van der Waals surface area contributed by atoms with Crippen LogP contribution >= 0.6 is 11.6 Å². The second-order valence-electron chi connectivity index (χ2n) is 4.15. The van der Waals surface area contributed by atoms with Crippen LogP contribution in [0.5, 0.6) is 0 Å². The molecule has 0 amide bonds. The molecule has 2 rings (SSSR count). The number of halogens is 3. The van der Waals surface area contributed by atoms with Gasteiger partial charge in [-0.05, 0) is 30.9 Å². The van der Waals surface area contributed by atoms with Crippen LogP contribution in [0.15, 0.2) is 18.2 Å². The maximum absolute atomic E-state index is 12.8. The van der Waals surface area contributed by atoms with Gasteiger partial charge in [-0.1, -0.05) is 23.7 Å². The van der Waals surface area contributed by atoms with Crippen LogP contribution in [-0.2, 0) is 6.42 Å². The van der Waals surface area contributed by atoms with Crippen LogP contribution in [0.1, 0.15) is 30.4 Å². The number of rotatable bonds is 3. The Labute approximate surface area is 92.2 Å². The highest BCUT2D eigenvalue weighted by Gasteiger charge is 2.39. The summed E-state index contributed by atoms with van der Waals surface area (Å²) in [4.78, 5) is 0. The first-order valence-corrected chi connectivity index (χ1v) is 5.24. The zero-order valence-electron chi connectivity index (χ0n) is 8.14. The topological polar surface area (TPSA) is 26.0 Å². The van der Waals surface area contributed by atoms with Crippen molar-refractivity contribution in [2.24, 2.45) is 5.73 Å². The molecule has 2 N–H and O–H groups in total. The third-order valence-electron chi connectivity index (χ3n) is 2.80. The Kier molecular flexibility index (Phi) is 2.69. The van der Waals surface area contributed by atoms with Crippen LogP contribution < -0.4 is 5.73 Å². The lowest BCUT2D eigenvalue weighted by atomic mass is 9.99. The summed E-state index contributed by atoms with van der Waals surface area (Å²) in [6, 6.07) is 4.86. The zero-order chi connectivity index (χ0) is 11.1. The van der Waals surface area contributed by atoms with E-state index in [1.54, 1.807) is 12.1 Å². The van der Waals surface area contributed by atoms with E-state index < -0.39 is 6.43 Å². The minimum Gasteiger partial charge on any atom is -0.325 e. The second-order valence-corrected chi connectivity index (χ2v) is 4.56. The van der Waals surface area contributed by atoms with Gasteiger partial charge in [-0.2, -0.15) is 0 Å². The predicted octanol–water partition coefficient (Wildman–Crippen LogP) is 3.31. The summed E-state index contributed by atoms with van der Waals surface area (Å²) in [6.45, 7) is 0. The number of benzene rings is 1. The predicted molar refractivity (Wildman–Crippen MR) is 56.3 cm³/mol. The Bertz CT molecular complexity index is 375. The Hall–Kier alpha value is -0.670. The van der Waals surface area contributed by atoms with Gasteiger partial charge in [0.15, 0.2) is 0 Å². The monoisotopic (exact) mass is 231 g/mol. The standard InChI is InChI=1S/C11H12ClF2N/c12-8-3-1-2-7(9(8)10(13)14)6-11(15)4-5-11/h1-3,10H,4-6,15H2. The molecule has 1 saturated carbocycles. The van der Waals surface area contributed by atoms with E-state index in [9.17, 15) is 8.78 Å². The molecule has 15 heavy (non-hydrogen) atoms. The van der Waals surface area contributed by atoms with Gasteiger partial charge in [-0.3, -0.25) is 0 Å². The van der Waals surface area contributed by atoms with Gasteiger partial charge in [0.25, 0.3) is 6.43 Å². The first kappa shape index (κ1) is 10.8. The fraction of sp³-hybridized carbons (Fsp3) is 0.455. The van der Waals surface area contributed by atoms with Crippen molar-refractivity contribution in [2.45, 2.75) is 31.2 Å². The van der Waals surface area contributed by atoms with E-state index in [4.69, 9.17) is 17.3 Å². The van der Waals surface area contributed by atoms with Gasteiger partial charge in [0.05, 0.1) is 0 Å². The summed E-state index contributed by atoms with van der Waals surface area (Å²) in [5, 5.41) is 0.131. The lowest BCUT2D eigenvalue weighted by molar-refractivity contribution is 0.150. The lowest BCUT2D eigenvalue weighted by Crippen LogP contribution is -2.25. The van der Waals surface area contributed by atoms with E-state index in [2.05, 4.69) is 0 Å². The van der Waals surface area contributed by atoms with Gasteiger partial charge in [0, 0.05) is 16.1 Å². The largest absolute Gasteiger partial charge is 0.325 e. The van der Waals surface area contributed by atoms with Crippen LogP contribution in [0.4, 0.5) is 8.78 Å². The van der Waals surface area contributed by atoms with Gasteiger partial charge in [0.2, 0.25) is 0 Å². The Balaban J connectivity index is 2.32. The Morgan fingerprint density at radius 1 is 1.40 bits per heavy atom. The molecule has 0 unspecified atom stereocenters. The summed E-state index contributed by atoms with van der Waals surface area (Å²) in [5.74, 6) is 0. The first-order chi connectivity index (χ1) is 7.02. The molecular formula is C11H12ClF2N. The summed E-state index contributed by atoms with van der Waals surface area (Å²) >= 11 is 5.75. The number of nitrogens with two attached hydrogens (primary N) is 1. The summed E-state index contributed by atoms with van der Waals surface area (Å²) < 4.78 is 25.5. The molecule has 0 spiro atoms. The van der Waals surface area contributed by atoms with Crippen LogP contribution in [-0.4, -0.2) is 5.54 Å². The third kappa shape index (κ3) is 2.29. The third-order valence-corrected chi connectivity index (χ3v) is 3.13. The van der Waals surface area contributed by atoms with Crippen molar-refractivity contribution in [1.29, 1.82) is 0 Å². The van der Waals surface area contributed by atoms with Crippen LogP contribution in [0.2, 0.25) is 5.02 Å². The minimum atomic E-state index is -2.53. The normalized spacial score (nSPS) is 18.2. The summed E-state index contributed by atoms with van der Waals surface area (Å²) in [7, 11) is 0. The van der Waals surface area contributed by atoms with E-state index >= 15 is 0 Å². The molecule has 1 aliphatic rings. The molecule has 1 nitrogen and oxygen atoms in total. The highest BCUT2D eigenvalue weighted by atomic mass is 35.5. The van der Waals surface area contributed by atoms with Gasteiger partial charge >= 0.3 is 0 Å². The molecule has 1 aromatic rings. The van der Waals surface area contributed by atoms with Crippen molar-refractivity contribution in [3.8, 4) is 0 Å². The molecule has 0 aliphatic heterocycles. The molecule has 0 heterocycles. The molecule has 0 saturated heterocycles. The van der Waals surface area contributed by atoms with Crippen LogP contribution in [0, 0.1) is 0 Å². The quantitative estimate of drug-likeness (QED) is 0.849. The molecule has 0 atom stereocenters. The minimum absolute atomic E-state index is 0.0594. The summed E-state index contributed by atoms with van der Waals surface area (Å²) in [6.07, 6.45) is -0.228. The molecule has 1 aromatic carbocycles. The maximum atomic E-state index is 12.8. The Morgan fingerprint density at radius 3 is 2.60 bits per heavy atom. The van der Waals surface area contributed by atoms with Gasteiger partial charge < -0.3 is 5.73 Å². The van der Waals surface area contributed by atoms with E-state index in [1.807, 2.05) is 0 Å². The SMILES string of the molecule is NC1(Cc2cccc(Cl)c2C(F)F)CC1. The van der Waals surface area contributed by atoms with Crippen molar-refractivity contribution in [2.75, 3.05) is 0 Å². The van der Waals surface area contributed by atoms with Gasteiger partial charge in [-0.15, -0.1) is 0 Å². The highest BCUT2D eigenvalue weighted by Crippen LogP contribution is 2.39. The molecule has 82 valence electrons. The van der Waals surface area contributed by atoms with Crippen LogP contribution in [0.25, 0.3) is 0 Å². The van der Waals surface area contributed by atoms with Gasteiger partial charge in [-0.25, -0.2) is 8.78 Å². The van der Waals surface area contributed by atoms with Crippen molar-refractivity contribution >= 4 is 11.6 Å². The number of hydrogen-bond acceptors (Lipinski definition) is 1. The zero-order valence-corrected chi connectivity index (χ0v) is 8.90. The highest BCUT2D eigenvalue weighted by molar-refractivity contribution is 6.31. The summed E-state index contributed by atoms with van der Waals surface area (Å²) in [5.41, 5.74) is 6.16. The smallest absolute Gasteiger partial charge is 0.265 e. The number of alkyl halides is 2. The molecule has 4 heteroatoms. The molecular weight excluding hydrogens is 220 g/mol. The average molecular weight is 232 g/mol. The van der Waals surface area contributed by atoms with Crippen molar-refractivity contribution in [3.05, 3.63) is 34.3 Å². The Morgan fingerprint density at radius 2 is 2.07 bits per heavy atom. The van der Waals surface area contributed by atoms with Gasteiger partial charge in [0.1, 0.15) is 0 Å². The van der Waals surface area contributed by atoms with E-state index in [-0.39, 0.29) is 16.1 Å². The fourth-order valence-electron chi connectivity index (χ4n) is 1.70. The number of hydrogen-bond donors (Lipinski definition) is 1. The van der Waals surface area contributed by atoms with Crippen LogP contribution in [0.3, 0.4) is 0 Å². The van der Waals surface area contributed by atoms with Crippen molar-refractivity contribution in [3.63, 3.8) is 0 Å². The van der Waals surface area contributed by atoms with E-state index in [0.29, 0.717) is 12.0 Å². The first-order valence-electron chi connectivity index (χ1n) is 4.86. The molecule has 1 fully saturated rings. The second kappa shape index (κ2) is 3.72. The average Bonchev–Trinajstić information content (AvgIpc) is 2.82. The van der Waals surface area contributed by atoms with E-state index in [0.717, 1.165) is 12.8 Å². The van der Waals surface area contributed by atoms with Crippen molar-refractivity contribution < 1.29 is 8.78 Å². The van der Waals surface area contributed by atoms with Crippen molar-refractivity contribution in [1.82, 2.24) is 0 Å². The maximum Gasteiger partial charge on any atom is 0.265 e. The molecule has 0 aromatic heterocycles. The lowest BCUT2D eigenvalue weighted by Gasteiger charge is -2.14. The molecule has 1 aliphatic carbocycles. The fourth-order valence-corrected chi connectivity index (χ4v) is 1.97. The molecule has 0 bridgehead atoms. The molecule has 0 radical (unpaired) electrons. The van der Waals surface area contributed by atoms with E-state index in [1.165, 1.54) is 6.07 Å².